The summed E-state index contributed by atoms with van der Waals surface area (Å²) in [6.45, 7) is 7.48. The van der Waals surface area contributed by atoms with Crippen LogP contribution in [0.3, 0.4) is 0 Å². The van der Waals surface area contributed by atoms with Gasteiger partial charge in [-0.25, -0.2) is 0 Å². The number of ether oxygens (including phenoxy) is 3. The Balaban J connectivity index is 2.70. The molecule has 0 aromatic heterocycles. The van der Waals surface area contributed by atoms with Crippen LogP contribution in [0, 0.1) is 0 Å². The molecule has 3 atom stereocenters. The predicted octanol–water partition coefficient (Wildman–Crippen LogP) is 5.15. The summed E-state index contributed by atoms with van der Waals surface area (Å²) in [6, 6.07) is 0. The second-order valence-corrected chi connectivity index (χ2v) is 10.4. The van der Waals surface area contributed by atoms with Gasteiger partial charge in [0.15, 0.2) is 0 Å². The first-order valence-corrected chi connectivity index (χ1v) is 13.7. The molecule has 33 heavy (non-hydrogen) atoms. The molecule has 0 radical (unpaired) electrons. The third-order valence-electron chi connectivity index (χ3n) is 7.05. The molecule has 0 aromatic carbocycles. The van der Waals surface area contributed by atoms with Crippen LogP contribution < -0.4 is 0 Å². The van der Waals surface area contributed by atoms with Crippen LogP contribution in [0.25, 0.3) is 0 Å². The van der Waals surface area contributed by atoms with E-state index in [0.29, 0.717) is 6.61 Å². The average molecular weight is 475 g/mol. The van der Waals surface area contributed by atoms with E-state index in [1.54, 1.807) is 0 Å². The molecule has 3 N–H and O–H groups in total. The van der Waals surface area contributed by atoms with Crippen LogP contribution in [0.1, 0.15) is 117 Å². The topological polar surface area (TPSA) is 88.4 Å². The molecule has 1 fully saturated rings. The van der Waals surface area contributed by atoms with Gasteiger partial charge in [0.25, 0.3) is 0 Å². The zero-order valence-corrected chi connectivity index (χ0v) is 21.7. The fraction of sp³-hybridized carbons (Fsp3) is 1.00. The molecule has 198 valence electrons. The number of aliphatic hydroxyl groups is 3. The van der Waals surface area contributed by atoms with Gasteiger partial charge in [-0.05, 0) is 117 Å². The van der Waals surface area contributed by atoms with Crippen molar-refractivity contribution in [2.45, 2.75) is 134 Å². The lowest BCUT2D eigenvalue weighted by Crippen LogP contribution is -2.33. The SMILES string of the molecule is CC1(OCCCCCO)CCCC(OCCCCO)CCC(C)(OCCCCCO)CCC1. The highest BCUT2D eigenvalue weighted by Crippen LogP contribution is 2.34. The first-order valence-electron chi connectivity index (χ1n) is 13.7. The van der Waals surface area contributed by atoms with E-state index in [-0.39, 0.29) is 37.1 Å². The summed E-state index contributed by atoms with van der Waals surface area (Å²) in [5.41, 5.74) is -0.272. The van der Waals surface area contributed by atoms with E-state index in [2.05, 4.69) is 13.8 Å². The van der Waals surface area contributed by atoms with Crippen LogP contribution in [-0.4, -0.2) is 72.3 Å². The van der Waals surface area contributed by atoms with E-state index in [0.717, 1.165) is 116 Å². The Morgan fingerprint density at radius 3 is 1.64 bits per heavy atom. The standard InChI is InChI=1S/C27H54O6/c1-26(32-23-8-3-5-19-28)15-11-13-25(31-22-10-7-21-30)14-18-27(2,17-12-16-26)33-24-9-4-6-20-29/h25,28-30H,3-24H2,1-2H3. The van der Waals surface area contributed by atoms with Crippen LogP contribution in [0.4, 0.5) is 0 Å². The molecule has 0 heterocycles. The maximum Gasteiger partial charge on any atom is 0.0655 e. The molecule has 3 unspecified atom stereocenters. The third-order valence-corrected chi connectivity index (χ3v) is 7.05. The van der Waals surface area contributed by atoms with Crippen LogP contribution in [0.2, 0.25) is 0 Å². The summed E-state index contributed by atoms with van der Waals surface area (Å²) < 4.78 is 19.1. The van der Waals surface area contributed by atoms with E-state index in [9.17, 15) is 0 Å². The van der Waals surface area contributed by atoms with Crippen molar-refractivity contribution in [3.63, 3.8) is 0 Å². The van der Waals surface area contributed by atoms with Gasteiger partial charge in [0, 0.05) is 39.6 Å². The largest absolute Gasteiger partial charge is 0.396 e. The highest BCUT2D eigenvalue weighted by Gasteiger charge is 2.31. The molecular formula is C27H54O6. The van der Waals surface area contributed by atoms with Crippen molar-refractivity contribution in [2.24, 2.45) is 0 Å². The summed E-state index contributed by atoms with van der Waals surface area (Å²) in [7, 11) is 0. The van der Waals surface area contributed by atoms with Crippen LogP contribution in [0.5, 0.6) is 0 Å². The number of aliphatic hydroxyl groups excluding tert-OH is 3. The fourth-order valence-corrected chi connectivity index (χ4v) is 4.74. The molecule has 6 heteroatoms. The van der Waals surface area contributed by atoms with Gasteiger partial charge in [0.2, 0.25) is 0 Å². The van der Waals surface area contributed by atoms with Gasteiger partial charge in [0.1, 0.15) is 0 Å². The molecule has 1 aliphatic rings. The fourth-order valence-electron chi connectivity index (χ4n) is 4.74. The molecule has 0 amide bonds. The van der Waals surface area contributed by atoms with Gasteiger partial charge in [-0.15, -0.1) is 0 Å². The van der Waals surface area contributed by atoms with Crippen LogP contribution in [0.15, 0.2) is 0 Å². The summed E-state index contributed by atoms with van der Waals surface area (Å²) in [4.78, 5) is 0. The van der Waals surface area contributed by atoms with Crippen molar-refractivity contribution < 1.29 is 29.5 Å². The summed E-state index contributed by atoms with van der Waals surface area (Å²) in [6.07, 6.45) is 16.0. The van der Waals surface area contributed by atoms with Gasteiger partial charge >= 0.3 is 0 Å². The predicted molar refractivity (Wildman–Crippen MR) is 134 cm³/mol. The summed E-state index contributed by atoms with van der Waals surface area (Å²) in [5.74, 6) is 0. The number of hydrogen-bond acceptors (Lipinski definition) is 6. The Labute approximate surface area is 203 Å². The number of hydrogen-bond donors (Lipinski definition) is 3. The molecule has 0 bridgehead atoms. The molecule has 0 spiro atoms. The highest BCUT2D eigenvalue weighted by atomic mass is 16.5. The molecule has 0 aliphatic heterocycles. The lowest BCUT2D eigenvalue weighted by atomic mass is 9.88. The Kier molecular flexibility index (Phi) is 17.7. The smallest absolute Gasteiger partial charge is 0.0655 e. The lowest BCUT2D eigenvalue weighted by molar-refractivity contribution is -0.0672. The second kappa shape index (κ2) is 19.0. The Hall–Kier alpha value is -0.240. The molecule has 1 aliphatic carbocycles. The molecule has 6 nitrogen and oxygen atoms in total. The Bertz CT molecular complexity index is 448. The third kappa shape index (κ3) is 15.4. The molecule has 0 aromatic rings. The minimum Gasteiger partial charge on any atom is -0.396 e. The van der Waals surface area contributed by atoms with Gasteiger partial charge in [0.05, 0.1) is 17.3 Å². The highest BCUT2D eigenvalue weighted by molar-refractivity contribution is 4.83. The summed E-state index contributed by atoms with van der Waals surface area (Å²) >= 11 is 0. The van der Waals surface area contributed by atoms with Crippen molar-refractivity contribution >= 4 is 0 Å². The van der Waals surface area contributed by atoms with Gasteiger partial charge in [-0.3, -0.25) is 0 Å². The average Bonchev–Trinajstić information content (AvgIpc) is 2.82. The van der Waals surface area contributed by atoms with E-state index < -0.39 is 0 Å². The van der Waals surface area contributed by atoms with E-state index in [1.165, 1.54) is 0 Å². The quantitative estimate of drug-likeness (QED) is 0.253. The minimum atomic E-state index is -0.154. The molecule has 0 saturated heterocycles. The van der Waals surface area contributed by atoms with Gasteiger partial charge in [-0.2, -0.15) is 0 Å². The van der Waals surface area contributed by atoms with Crippen molar-refractivity contribution in [1.82, 2.24) is 0 Å². The maximum absolute atomic E-state index is 9.05. The zero-order chi connectivity index (χ0) is 24.3. The molecule has 1 saturated carbocycles. The second-order valence-electron chi connectivity index (χ2n) is 10.4. The van der Waals surface area contributed by atoms with Crippen LogP contribution in [-0.2, 0) is 14.2 Å². The van der Waals surface area contributed by atoms with Crippen molar-refractivity contribution in [2.75, 3.05) is 39.6 Å². The monoisotopic (exact) mass is 474 g/mol. The van der Waals surface area contributed by atoms with Crippen molar-refractivity contribution in [1.29, 1.82) is 0 Å². The van der Waals surface area contributed by atoms with Crippen molar-refractivity contribution in [3.8, 4) is 0 Å². The molecule has 1 rings (SSSR count). The molecular weight excluding hydrogens is 420 g/mol. The van der Waals surface area contributed by atoms with E-state index in [4.69, 9.17) is 29.5 Å². The zero-order valence-electron chi connectivity index (χ0n) is 21.7. The number of unbranched alkanes of at least 4 members (excludes halogenated alkanes) is 5. The Morgan fingerprint density at radius 2 is 1.06 bits per heavy atom. The lowest BCUT2D eigenvalue weighted by Gasteiger charge is -2.33. The first-order chi connectivity index (χ1) is 16.0. The normalized spacial score (nSPS) is 27.4. The Morgan fingerprint density at radius 1 is 0.576 bits per heavy atom. The van der Waals surface area contributed by atoms with Gasteiger partial charge in [-0.1, -0.05) is 0 Å². The van der Waals surface area contributed by atoms with Gasteiger partial charge < -0.3 is 29.5 Å². The first kappa shape index (κ1) is 30.8. The summed E-state index contributed by atoms with van der Waals surface area (Å²) in [5, 5.41) is 27.1. The minimum absolute atomic E-state index is 0.118. The van der Waals surface area contributed by atoms with E-state index >= 15 is 0 Å². The van der Waals surface area contributed by atoms with Crippen LogP contribution >= 0.6 is 0 Å². The maximum atomic E-state index is 9.05. The van der Waals surface area contributed by atoms with E-state index in [1.807, 2.05) is 0 Å². The number of rotatable bonds is 17. The van der Waals surface area contributed by atoms with Crippen molar-refractivity contribution in [3.05, 3.63) is 0 Å².